The predicted molar refractivity (Wildman–Crippen MR) is 56.2 cm³/mol. The van der Waals surface area contributed by atoms with E-state index in [0.717, 1.165) is 24.3 Å². The van der Waals surface area contributed by atoms with Gasteiger partial charge in [0.15, 0.2) is 0 Å². The van der Waals surface area contributed by atoms with Crippen LogP contribution in [0.2, 0.25) is 5.02 Å². The van der Waals surface area contributed by atoms with E-state index >= 15 is 0 Å². The Morgan fingerprint density at radius 2 is 2.36 bits per heavy atom. The topological polar surface area (TPSA) is 33.1 Å². The monoisotopic (exact) mass is 211 g/mol. The smallest absolute Gasteiger partial charge is 0.0805 e. The number of aromatic nitrogens is 1. The molecule has 0 spiro atoms. The molecule has 0 bridgehead atoms. The number of nitrogens with zero attached hydrogens (tertiary/aromatic N) is 1. The summed E-state index contributed by atoms with van der Waals surface area (Å²) < 4.78 is 0. The molecule has 14 heavy (non-hydrogen) atoms. The fourth-order valence-corrected chi connectivity index (χ4v) is 1.86. The van der Waals surface area contributed by atoms with Crippen LogP contribution in [-0.2, 0) is 0 Å². The van der Waals surface area contributed by atoms with Gasteiger partial charge in [-0.3, -0.25) is 4.98 Å². The zero-order chi connectivity index (χ0) is 9.97. The van der Waals surface area contributed by atoms with Gasteiger partial charge in [-0.05, 0) is 24.8 Å². The lowest BCUT2D eigenvalue weighted by atomic mass is 10.0. The molecule has 1 N–H and O–H groups in total. The maximum atomic E-state index is 9.87. The quantitative estimate of drug-likeness (QED) is 0.831. The molecule has 1 heterocycles. The first kappa shape index (κ1) is 9.94. The number of hydrogen-bond acceptors (Lipinski definition) is 2. The first-order valence-electron chi connectivity index (χ1n) is 5.05. The van der Waals surface area contributed by atoms with Gasteiger partial charge in [-0.25, -0.2) is 0 Å². The van der Waals surface area contributed by atoms with Crippen molar-refractivity contribution in [3.8, 4) is 0 Å². The molecule has 1 aliphatic rings. The number of halogens is 1. The lowest BCUT2D eigenvalue weighted by molar-refractivity contribution is 0.162. The summed E-state index contributed by atoms with van der Waals surface area (Å²) in [5, 5.41) is 10.4. The van der Waals surface area contributed by atoms with E-state index in [4.69, 9.17) is 11.6 Å². The molecular formula is C11H14ClNO. The predicted octanol–water partition coefficient (Wildman–Crippen LogP) is 2.96. The van der Waals surface area contributed by atoms with Gasteiger partial charge in [0.1, 0.15) is 0 Å². The van der Waals surface area contributed by atoms with Gasteiger partial charge in [0.05, 0.1) is 11.1 Å². The minimum absolute atomic E-state index is 0.425. The Morgan fingerprint density at radius 1 is 1.57 bits per heavy atom. The highest BCUT2D eigenvalue weighted by molar-refractivity contribution is 6.31. The molecule has 0 aliphatic heterocycles. The van der Waals surface area contributed by atoms with Gasteiger partial charge in [-0.15, -0.1) is 0 Å². The summed E-state index contributed by atoms with van der Waals surface area (Å²) in [6, 6.07) is 1.79. The maximum absolute atomic E-state index is 9.87. The van der Waals surface area contributed by atoms with Crippen LogP contribution in [0.25, 0.3) is 0 Å². The second kappa shape index (κ2) is 4.28. The minimum atomic E-state index is -0.425. The number of hydrogen-bond donors (Lipinski definition) is 1. The van der Waals surface area contributed by atoms with E-state index in [-0.39, 0.29) is 0 Å². The van der Waals surface area contributed by atoms with Gasteiger partial charge in [0.2, 0.25) is 0 Å². The van der Waals surface area contributed by atoms with E-state index < -0.39 is 6.10 Å². The van der Waals surface area contributed by atoms with Gasteiger partial charge in [0.25, 0.3) is 0 Å². The number of rotatable bonds is 4. The summed E-state index contributed by atoms with van der Waals surface area (Å²) in [5.74, 6) is 0.852. The molecule has 1 fully saturated rings. The molecule has 76 valence electrons. The molecule has 2 nitrogen and oxygen atoms in total. The SMILES string of the molecule is OC(CCC1CC1)c1ccncc1Cl. The molecule has 0 saturated heterocycles. The second-order valence-corrected chi connectivity index (χ2v) is 4.34. The van der Waals surface area contributed by atoms with Crippen molar-refractivity contribution in [1.82, 2.24) is 4.98 Å². The molecule has 0 radical (unpaired) electrons. The van der Waals surface area contributed by atoms with Crippen molar-refractivity contribution >= 4 is 11.6 Å². The molecule has 1 saturated carbocycles. The molecule has 1 unspecified atom stereocenters. The van der Waals surface area contributed by atoms with E-state index in [1.54, 1.807) is 18.5 Å². The van der Waals surface area contributed by atoms with Gasteiger partial charge < -0.3 is 5.11 Å². The normalized spacial score (nSPS) is 18.1. The van der Waals surface area contributed by atoms with Crippen LogP contribution in [0, 0.1) is 5.92 Å². The van der Waals surface area contributed by atoms with Crippen LogP contribution in [0.4, 0.5) is 0 Å². The molecule has 3 heteroatoms. The van der Waals surface area contributed by atoms with Crippen molar-refractivity contribution in [1.29, 1.82) is 0 Å². The van der Waals surface area contributed by atoms with Crippen molar-refractivity contribution in [2.45, 2.75) is 31.8 Å². The number of pyridine rings is 1. The summed E-state index contributed by atoms with van der Waals surface area (Å²) in [5.41, 5.74) is 0.808. The summed E-state index contributed by atoms with van der Waals surface area (Å²) in [6.07, 6.45) is 7.41. The Bertz CT molecular complexity index is 312. The Labute approximate surface area is 88.9 Å². The minimum Gasteiger partial charge on any atom is -0.388 e. The van der Waals surface area contributed by atoms with Crippen molar-refractivity contribution in [2.75, 3.05) is 0 Å². The largest absolute Gasteiger partial charge is 0.388 e. The maximum Gasteiger partial charge on any atom is 0.0805 e. The van der Waals surface area contributed by atoms with Crippen LogP contribution in [0.3, 0.4) is 0 Å². The second-order valence-electron chi connectivity index (χ2n) is 3.93. The standard InChI is InChI=1S/C11H14ClNO/c12-10-7-13-6-5-9(10)11(14)4-3-8-1-2-8/h5-8,11,14H,1-4H2. The number of aliphatic hydroxyl groups is 1. The lowest BCUT2D eigenvalue weighted by Crippen LogP contribution is -1.99. The van der Waals surface area contributed by atoms with E-state index in [1.165, 1.54) is 12.8 Å². The molecule has 2 rings (SSSR count). The Morgan fingerprint density at radius 3 is 3.00 bits per heavy atom. The van der Waals surface area contributed by atoms with Crippen LogP contribution in [-0.4, -0.2) is 10.1 Å². The third-order valence-corrected chi connectivity index (χ3v) is 3.02. The highest BCUT2D eigenvalue weighted by Crippen LogP contribution is 2.36. The number of aliphatic hydroxyl groups excluding tert-OH is 1. The Hall–Kier alpha value is -0.600. The van der Waals surface area contributed by atoms with E-state index in [0.29, 0.717) is 5.02 Å². The molecule has 0 amide bonds. The van der Waals surface area contributed by atoms with Crippen LogP contribution in [0.15, 0.2) is 18.5 Å². The van der Waals surface area contributed by atoms with E-state index in [2.05, 4.69) is 4.98 Å². The third-order valence-electron chi connectivity index (χ3n) is 2.71. The molecule has 1 aromatic rings. The zero-order valence-electron chi connectivity index (χ0n) is 7.99. The summed E-state index contributed by atoms with van der Waals surface area (Å²) in [6.45, 7) is 0. The molecule has 1 aliphatic carbocycles. The molecule has 1 aromatic heterocycles. The van der Waals surface area contributed by atoms with Crippen molar-refractivity contribution < 1.29 is 5.11 Å². The lowest BCUT2D eigenvalue weighted by Gasteiger charge is -2.11. The summed E-state index contributed by atoms with van der Waals surface area (Å²) >= 11 is 5.93. The van der Waals surface area contributed by atoms with Crippen molar-refractivity contribution in [2.24, 2.45) is 5.92 Å². The van der Waals surface area contributed by atoms with E-state index in [9.17, 15) is 5.11 Å². The van der Waals surface area contributed by atoms with Crippen LogP contribution in [0.1, 0.15) is 37.4 Å². The third kappa shape index (κ3) is 2.46. The van der Waals surface area contributed by atoms with E-state index in [1.807, 2.05) is 0 Å². The highest BCUT2D eigenvalue weighted by atomic mass is 35.5. The summed E-state index contributed by atoms with van der Waals surface area (Å²) in [4.78, 5) is 3.89. The molecule has 1 atom stereocenters. The first-order valence-corrected chi connectivity index (χ1v) is 5.42. The highest BCUT2D eigenvalue weighted by Gasteiger charge is 2.22. The van der Waals surface area contributed by atoms with Gasteiger partial charge >= 0.3 is 0 Å². The molecule has 0 aromatic carbocycles. The first-order chi connectivity index (χ1) is 6.77. The fourth-order valence-electron chi connectivity index (χ4n) is 1.61. The van der Waals surface area contributed by atoms with Crippen molar-refractivity contribution in [3.63, 3.8) is 0 Å². The van der Waals surface area contributed by atoms with Crippen LogP contribution < -0.4 is 0 Å². The Balaban J connectivity index is 1.95. The van der Waals surface area contributed by atoms with Gasteiger partial charge in [-0.1, -0.05) is 24.4 Å². The summed E-state index contributed by atoms with van der Waals surface area (Å²) in [7, 11) is 0. The Kier molecular flexibility index (Phi) is 3.04. The van der Waals surface area contributed by atoms with Crippen molar-refractivity contribution in [3.05, 3.63) is 29.0 Å². The van der Waals surface area contributed by atoms with Crippen LogP contribution in [0.5, 0.6) is 0 Å². The average Bonchev–Trinajstić information content (AvgIpc) is 2.98. The fraction of sp³-hybridized carbons (Fsp3) is 0.545. The zero-order valence-corrected chi connectivity index (χ0v) is 8.74. The molecular weight excluding hydrogens is 198 g/mol. The average molecular weight is 212 g/mol. The van der Waals surface area contributed by atoms with Gasteiger partial charge in [-0.2, -0.15) is 0 Å². The van der Waals surface area contributed by atoms with Crippen LogP contribution >= 0.6 is 11.6 Å². The van der Waals surface area contributed by atoms with Gasteiger partial charge in [0, 0.05) is 18.0 Å².